The second-order valence-electron chi connectivity index (χ2n) is 4.53. The van der Waals surface area contributed by atoms with Crippen LogP contribution in [0.25, 0.3) is 0 Å². The van der Waals surface area contributed by atoms with Crippen molar-refractivity contribution in [1.82, 2.24) is 5.32 Å². The molecule has 1 unspecified atom stereocenters. The highest BCUT2D eigenvalue weighted by Gasteiger charge is 2.17. The molecule has 0 aliphatic heterocycles. The third-order valence-corrected chi connectivity index (χ3v) is 3.28. The molecule has 0 aromatic carbocycles. The third-order valence-electron chi connectivity index (χ3n) is 3.28. The van der Waals surface area contributed by atoms with Crippen LogP contribution in [0.3, 0.4) is 0 Å². The molecule has 0 radical (unpaired) electrons. The monoisotopic (exact) mass is 245 g/mol. The van der Waals surface area contributed by atoms with Gasteiger partial charge in [0.25, 0.3) is 0 Å². The maximum Gasteiger partial charge on any atom is 0.0700 e. The summed E-state index contributed by atoms with van der Waals surface area (Å²) in [5.41, 5.74) is 0. The molecule has 0 aliphatic carbocycles. The molecule has 0 spiro atoms. The first kappa shape index (κ1) is 16.9. The molecule has 0 aromatic rings. The van der Waals surface area contributed by atoms with E-state index in [9.17, 15) is 0 Å². The van der Waals surface area contributed by atoms with Crippen molar-refractivity contribution in [2.75, 3.05) is 33.5 Å². The first-order valence-corrected chi connectivity index (χ1v) is 7.10. The van der Waals surface area contributed by atoms with Gasteiger partial charge in [-0.05, 0) is 25.3 Å². The summed E-state index contributed by atoms with van der Waals surface area (Å²) in [7, 11) is 1.71. The van der Waals surface area contributed by atoms with Crippen LogP contribution in [0.4, 0.5) is 0 Å². The molecular formula is C14H31NO2. The quantitative estimate of drug-likeness (QED) is 0.536. The van der Waals surface area contributed by atoms with Crippen molar-refractivity contribution in [3.05, 3.63) is 0 Å². The molecule has 3 nitrogen and oxygen atoms in total. The van der Waals surface area contributed by atoms with Gasteiger partial charge in [-0.15, -0.1) is 0 Å². The Morgan fingerprint density at radius 2 is 1.71 bits per heavy atom. The Morgan fingerprint density at radius 1 is 1.00 bits per heavy atom. The van der Waals surface area contributed by atoms with Crippen LogP contribution < -0.4 is 5.32 Å². The van der Waals surface area contributed by atoms with E-state index in [1.807, 2.05) is 0 Å². The molecule has 0 aliphatic rings. The summed E-state index contributed by atoms with van der Waals surface area (Å²) in [5.74, 6) is 0.771. The van der Waals surface area contributed by atoms with Gasteiger partial charge in [-0.3, -0.25) is 0 Å². The fourth-order valence-corrected chi connectivity index (χ4v) is 2.15. The van der Waals surface area contributed by atoms with E-state index in [1.165, 1.54) is 19.3 Å². The molecule has 17 heavy (non-hydrogen) atoms. The molecule has 1 atom stereocenters. The van der Waals surface area contributed by atoms with Gasteiger partial charge in [0.1, 0.15) is 0 Å². The Bertz CT molecular complexity index is 149. The number of ether oxygens (including phenoxy) is 2. The Labute approximate surface area is 107 Å². The largest absolute Gasteiger partial charge is 0.382 e. The second kappa shape index (κ2) is 12.3. The number of hydrogen-bond donors (Lipinski definition) is 1. The SMILES string of the molecule is CCCNC(CCOCCOC)C(CC)CC. The van der Waals surface area contributed by atoms with E-state index in [1.54, 1.807) is 7.11 Å². The normalized spacial score (nSPS) is 13.2. The van der Waals surface area contributed by atoms with E-state index in [4.69, 9.17) is 9.47 Å². The zero-order chi connectivity index (χ0) is 12.9. The zero-order valence-electron chi connectivity index (χ0n) is 12.1. The molecule has 104 valence electrons. The molecule has 0 amide bonds. The molecule has 0 saturated carbocycles. The van der Waals surface area contributed by atoms with Gasteiger partial charge in [-0.2, -0.15) is 0 Å². The number of rotatable bonds is 12. The first-order chi connectivity index (χ1) is 8.29. The van der Waals surface area contributed by atoms with Gasteiger partial charge in [-0.1, -0.05) is 33.6 Å². The van der Waals surface area contributed by atoms with Crippen LogP contribution in [0.2, 0.25) is 0 Å². The Kier molecular flexibility index (Phi) is 12.3. The van der Waals surface area contributed by atoms with Gasteiger partial charge in [0.2, 0.25) is 0 Å². The summed E-state index contributed by atoms with van der Waals surface area (Å²) < 4.78 is 10.5. The van der Waals surface area contributed by atoms with Crippen LogP contribution in [-0.4, -0.2) is 39.5 Å². The fourth-order valence-electron chi connectivity index (χ4n) is 2.15. The third kappa shape index (κ3) is 8.58. The summed E-state index contributed by atoms with van der Waals surface area (Å²) in [6, 6.07) is 0.604. The molecular weight excluding hydrogens is 214 g/mol. The lowest BCUT2D eigenvalue weighted by molar-refractivity contribution is 0.0625. The summed E-state index contributed by atoms with van der Waals surface area (Å²) in [5, 5.41) is 3.65. The minimum absolute atomic E-state index is 0.604. The van der Waals surface area contributed by atoms with Crippen molar-refractivity contribution in [1.29, 1.82) is 0 Å². The van der Waals surface area contributed by atoms with Gasteiger partial charge in [-0.25, -0.2) is 0 Å². The van der Waals surface area contributed by atoms with Crippen molar-refractivity contribution >= 4 is 0 Å². The Morgan fingerprint density at radius 3 is 2.24 bits per heavy atom. The number of nitrogens with one attached hydrogen (secondary N) is 1. The summed E-state index contributed by atoms with van der Waals surface area (Å²) in [6.45, 7) is 10.1. The van der Waals surface area contributed by atoms with E-state index in [0.29, 0.717) is 19.3 Å². The van der Waals surface area contributed by atoms with E-state index in [-0.39, 0.29) is 0 Å². The van der Waals surface area contributed by atoms with Gasteiger partial charge in [0.05, 0.1) is 13.2 Å². The fraction of sp³-hybridized carbons (Fsp3) is 1.00. The van der Waals surface area contributed by atoms with Gasteiger partial charge in [0, 0.05) is 19.8 Å². The van der Waals surface area contributed by atoms with E-state index < -0.39 is 0 Å². The average Bonchev–Trinajstić information content (AvgIpc) is 2.36. The van der Waals surface area contributed by atoms with Crippen LogP contribution in [0.5, 0.6) is 0 Å². The Balaban J connectivity index is 3.83. The second-order valence-corrected chi connectivity index (χ2v) is 4.53. The maximum absolute atomic E-state index is 5.56. The summed E-state index contributed by atoms with van der Waals surface area (Å²) >= 11 is 0. The summed E-state index contributed by atoms with van der Waals surface area (Å²) in [4.78, 5) is 0. The van der Waals surface area contributed by atoms with Crippen LogP contribution in [0.1, 0.15) is 46.5 Å². The molecule has 3 heteroatoms. The van der Waals surface area contributed by atoms with Crippen molar-refractivity contribution in [2.24, 2.45) is 5.92 Å². The molecule has 0 fully saturated rings. The minimum Gasteiger partial charge on any atom is -0.382 e. The van der Waals surface area contributed by atoms with Crippen LogP contribution in [0, 0.1) is 5.92 Å². The average molecular weight is 245 g/mol. The van der Waals surface area contributed by atoms with Gasteiger partial charge >= 0.3 is 0 Å². The number of hydrogen-bond acceptors (Lipinski definition) is 3. The van der Waals surface area contributed by atoms with Gasteiger partial charge in [0.15, 0.2) is 0 Å². The molecule has 0 saturated heterocycles. The van der Waals surface area contributed by atoms with Crippen molar-refractivity contribution < 1.29 is 9.47 Å². The van der Waals surface area contributed by atoms with Crippen LogP contribution in [0.15, 0.2) is 0 Å². The van der Waals surface area contributed by atoms with Crippen molar-refractivity contribution in [3.8, 4) is 0 Å². The molecule has 0 aromatic heterocycles. The smallest absolute Gasteiger partial charge is 0.0700 e. The topological polar surface area (TPSA) is 30.5 Å². The first-order valence-electron chi connectivity index (χ1n) is 7.10. The highest BCUT2D eigenvalue weighted by atomic mass is 16.5. The highest BCUT2D eigenvalue weighted by molar-refractivity contribution is 4.74. The number of methoxy groups -OCH3 is 1. The predicted octanol–water partition coefficient (Wildman–Crippen LogP) is 2.84. The minimum atomic E-state index is 0.604. The van der Waals surface area contributed by atoms with E-state index in [2.05, 4.69) is 26.1 Å². The molecule has 1 N–H and O–H groups in total. The van der Waals surface area contributed by atoms with E-state index in [0.717, 1.165) is 25.5 Å². The lowest BCUT2D eigenvalue weighted by atomic mass is 9.92. The van der Waals surface area contributed by atoms with Crippen LogP contribution in [-0.2, 0) is 9.47 Å². The van der Waals surface area contributed by atoms with E-state index >= 15 is 0 Å². The standard InChI is InChI=1S/C14H31NO2/c1-5-9-15-14(13(6-2)7-3)8-10-17-12-11-16-4/h13-15H,5-12H2,1-4H3. The molecule has 0 rings (SSSR count). The Hall–Kier alpha value is -0.120. The van der Waals surface area contributed by atoms with Crippen LogP contribution >= 0.6 is 0 Å². The predicted molar refractivity (Wildman–Crippen MR) is 73.5 cm³/mol. The molecule has 0 heterocycles. The summed E-state index contributed by atoms with van der Waals surface area (Å²) in [6.07, 6.45) is 4.79. The van der Waals surface area contributed by atoms with Gasteiger partial charge < -0.3 is 14.8 Å². The lowest BCUT2D eigenvalue weighted by Crippen LogP contribution is -2.37. The lowest BCUT2D eigenvalue weighted by Gasteiger charge is -2.26. The zero-order valence-corrected chi connectivity index (χ0v) is 12.1. The van der Waals surface area contributed by atoms with Crippen molar-refractivity contribution in [2.45, 2.75) is 52.5 Å². The molecule has 0 bridgehead atoms. The highest BCUT2D eigenvalue weighted by Crippen LogP contribution is 2.16. The van der Waals surface area contributed by atoms with Crippen molar-refractivity contribution in [3.63, 3.8) is 0 Å². The maximum atomic E-state index is 5.56.